The Kier molecular flexibility index (Phi) is 8.47. The zero-order valence-electron chi connectivity index (χ0n) is 22.2. The molecule has 1 spiro atoms. The van der Waals surface area contributed by atoms with E-state index in [4.69, 9.17) is 9.47 Å². The number of carbonyl (C=O) groups excluding carboxylic acids is 2. The number of likely N-dealkylation sites (tertiary alicyclic amines) is 1. The van der Waals surface area contributed by atoms with Gasteiger partial charge in [0, 0.05) is 38.6 Å². The third-order valence-electron chi connectivity index (χ3n) is 8.25. The van der Waals surface area contributed by atoms with Crippen LogP contribution in [-0.2, 0) is 32.0 Å². The number of carboxylic acid groups (broad SMARTS) is 1. The van der Waals surface area contributed by atoms with Gasteiger partial charge in [0.15, 0.2) is 0 Å². The van der Waals surface area contributed by atoms with Crippen LogP contribution in [0, 0.1) is 5.41 Å². The number of rotatable bonds is 2. The number of benzene rings is 2. The van der Waals surface area contributed by atoms with E-state index in [2.05, 4.69) is 15.5 Å². The van der Waals surface area contributed by atoms with Crippen LogP contribution in [0.1, 0.15) is 43.2 Å². The second-order valence-electron chi connectivity index (χ2n) is 10.9. The van der Waals surface area contributed by atoms with Gasteiger partial charge in [0.2, 0.25) is 11.8 Å². The standard InChI is InChI=1S/C30H37N3O6/c34-27-8-13-31-29(37)30(11-14-33(15-12-30)23-9-16-38-17-10-23)20-22-2-1-3-25(18-22)39-24-6-4-21(5-7-24)19-26(32-27)28(35)36/h1-7,18,23,26H,8-17,19-20H2,(H,31,37)(H,32,34)(H,35,36)/t26-/m0/s1. The average Bonchev–Trinajstić information content (AvgIpc) is 2.94. The van der Waals surface area contributed by atoms with E-state index in [0.717, 1.165) is 63.1 Å². The minimum Gasteiger partial charge on any atom is -0.480 e. The van der Waals surface area contributed by atoms with Crippen LogP contribution in [0.3, 0.4) is 0 Å². The van der Waals surface area contributed by atoms with Crippen LogP contribution in [0.15, 0.2) is 48.5 Å². The maximum Gasteiger partial charge on any atom is 0.326 e. The lowest BCUT2D eigenvalue weighted by atomic mass is 9.72. The first kappa shape index (κ1) is 27.1. The lowest BCUT2D eigenvalue weighted by Crippen LogP contribution is -2.53. The van der Waals surface area contributed by atoms with Crippen molar-refractivity contribution < 1.29 is 29.0 Å². The fraction of sp³-hybridized carbons (Fsp3) is 0.500. The van der Waals surface area contributed by atoms with Crippen LogP contribution >= 0.6 is 0 Å². The van der Waals surface area contributed by atoms with Gasteiger partial charge in [-0.1, -0.05) is 24.3 Å². The molecule has 6 rings (SSSR count). The molecule has 1 atom stereocenters. The molecule has 0 unspecified atom stereocenters. The molecule has 9 heteroatoms. The average molecular weight is 536 g/mol. The molecule has 4 heterocycles. The van der Waals surface area contributed by atoms with Gasteiger partial charge in [-0.25, -0.2) is 4.79 Å². The zero-order chi connectivity index (χ0) is 27.2. The molecule has 39 heavy (non-hydrogen) atoms. The fourth-order valence-electron chi connectivity index (χ4n) is 5.97. The Hall–Kier alpha value is -3.43. The molecule has 2 aromatic carbocycles. The zero-order valence-corrected chi connectivity index (χ0v) is 22.2. The third kappa shape index (κ3) is 6.78. The van der Waals surface area contributed by atoms with E-state index in [-0.39, 0.29) is 25.3 Å². The third-order valence-corrected chi connectivity index (χ3v) is 8.25. The van der Waals surface area contributed by atoms with Gasteiger partial charge in [0.05, 0.1) is 5.41 Å². The predicted molar refractivity (Wildman–Crippen MR) is 145 cm³/mol. The van der Waals surface area contributed by atoms with Crippen LogP contribution in [0.4, 0.5) is 0 Å². The number of piperidine rings is 1. The minimum atomic E-state index is -1.10. The summed E-state index contributed by atoms with van der Waals surface area (Å²) in [5, 5.41) is 15.3. The maximum absolute atomic E-state index is 13.7. The van der Waals surface area contributed by atoms with Crippen molar-refractivity contribution in [3.05, 3.63) is 59.7 Å². The molecule has 0 radical (unpaired) electrons. The Balaban J connectivity index is 1.39. The molecule has 4 aliphatic heterocycles. The number of fused-ring (bicyclic) bond motifs is 9. The normalized spacial score (nSPS) is 23.2. The molecule has 208 valence electrons. The molecule has 2 saturated heterocycles. The van der Waals surface area contributed by atoms with Gasteiger partial charge >= 0.3 is 5.97 Å². The van der Waals surface area contributed by atoms with Crippen LogP contribution in [0.2, 0.25) is 0 Å². The minimum absolute atomic E-state index is 0.0159. The van der Waals surface area contributed by atoms with Gasteiger partial charge in [-0.3, -0.25) is 9.59 Å². The lowest BCUT2D eigenvalue weighted by Gasteiger charge is -2.44. The van der Waals surface area contributed by atoms with Gasteiger partial charge in [-0.15, -0.1) is 0 Å². The first-order chi connectivity index (χ1) is 18.9. The number of hydrogen-bond acceptors (Lipinski definition) is 6. The lowest BCUT2D eigenvalue weighted by molar-refractivity contribution is -0.142. The second kappa shape index (κ2) is 12.2. The Bertz CT molecular complexity index is 1170. The van der Waals surface area contributed by atoms with E-state index in [1.54, 1.807) is 12.1 Å². The van der Waals surface area contributed by atoms with E-state index in [1.807, 2.05) is 36.4 Å². The van der Waals surface area contributed by atoms with Crippen molar-refractivity contribution in [3.63, 3.8) is 0 Å². The van der Waals surface area contributed by atoms with Crippen molar-refractivity contribution in [3.8, 4) is 11.5 Å². The highest BCUT2D eigenvalue weighted by Gasteiger charge is 2.42. The molecule has 0 aliphatic carbocycles. The van der Waals surface area contributed by atoms with E-state index < -0.39 is 23.3 Å². The summed E-state index contributed by atoms with van der Waals surface area (Å²) >= 11 is 0. The quantitative estimate of drug-likeness (QED) is 0.541. The number of amides is 2. The van der Waals surface area contributed by atoms with Gasteiger partial charge in [-0.05, 0) is 80.6 Å². The number of carbonyl (C=O) groups is 3. The van der Waals surface area contributed by atoms with E-state index >= 15 is 0 Å². The van der Waals surface area contributed by atoms with Crippen molar-refractivity contribution in [2.45, 2.75) is 57.0 Å². The van der Waals surface area contributed by atoms with E-state index in [9.17, 15) is 19.5 Å². The Labute approximate surface area is 228 Å². The fourth-order valence-corrected chi connectivity index (χ4v) is 5.97. The molecule has 0 aromatic heterocycles. The summed E-state index contributed by atoms with van der Waals surface area (Å²) in [7, 11) is 0. The summed E-state index contributed by atoms with van der Waals surface area (Å²) < 4.78 is 11.6. The first-order valence-corrected chi connectivity index (χ1v) is 13.9. The van der Waals surface area contributed by atoms with Crippen LogP contribution < -0.4 is 15.4 Å². The predicted octanol–water partition coefficient (Wildman–Crippen LogP) is 2.91. The van der Waals surface area contributed by atoms with E-state index in [0.29, 0.717) is 24.0 Å². The Morgan fingerprint density at radius 2 is 1.72 bits per heavy atom. The topological polar surface area (TPSA) is 117 Å². The highest BCUT2D eigenvalue weighted by molar-refractivity contribution is 5.86. The van der Waals surface area contributed by atoms with Gasteiger partial charge < -0.3 is 30.1 Å². The molecular formula is C30H37N3O6. The van der Waals surface area contributed by atoms with Crippen molar-refractivity contribution in [2.75, 3.05) is 32.8 Å². The summed E-state index contributed by atoms with van der Waals surface area (Å²) in [6, 6.07) is 14.5. The number of ether oxygens (including phenoxy) is 2. The number of carboxylic acids is 1. The number of nitrogens with zero attached hydrogens (tertiary/aromatic N) is 1. The highest BCUT2D eigenvalue weighted by atomic mass is 16.5. The monoisotopic (exact) mass is 535 g/mol. The number of aliphatic carboxylic acids is 1. The smallest absolute Gasteiger partial charge is 0.326 e. The van der Waals surface area contributed by atoms with Crippen LogP contribution in [-0.4, -0.2) is 72.7 Å². The summed E-state index contributed by atoms with van der Waals surface area (Å²) in [6.45, 7) is 3.39. The molecule has 3 N–H and O–H groups in total. The molecule has 4 aliphatic rings. The molecule has 2 aromatic rings. The molecule has 4 bridgehead atoms. The Morgan fingerprint density at radius 1 is 0.974 bits per heavy atom. The summed E-state index contributed by atoms with van der Waals surface area (Å²) in [4.78, 5) is 40.6. The molecule has 2 fully saturated rings. The SMILES string of the molecule is O=C1CCNC(=O)C2(CCN(C3CCOCC3)CC2)Cc2cccc(c2)Oc2ccc(cc2)C[C@@H](C(=O)O)N1. The van der Waals surface area contributed by atoms with Crippen molar-refractivity contribution in [1.29, 1.82) is 0 Å². The van der Waals surface area contributed by atoms with Gasteiger partial charge in [0.25, 0.3) is 0 Å². The largest absolute Gasteiger partial charge is 0.480 e. The molecule has 2 amide bonds. The highest BCUT2D eigenvalue weighted by Crippen LogP contribution is 2.38. The summed E-state index contributed by atoms with van der Waals surface area (Å²) in [5.74, 6) is -0.245. The van der Waals surface area contributed by atoms with Crippen molar-refractivity contribution in [1.82, 2.24) is 15.5 Å². The summed E-state index contributed by atoms with van der Waals surface area (Å²) in [5.41, 5.74) is 1.20. The van der Waals surface area contributed by atoms with Crippen LogP contribution in [0.25, 0.3) is 0 Å². The first-order valence-electron chi connectivity index (χ1n) is 13.9. The van der Waals surface area contributed by atoms with Gasteiger partial charge in [0.1, 0.15) is 17.5 Å². The number of hydrogen-bond donors (Lipinski definition) is 3. The van der Waals surface area contributed by atoms with Crippen LogP contribution in [0.5, 0.6) is 11.5 Å². The van der Waals surface area contributed by atoms with Crippen molar-refractivity contribution in [2.24, 2.45) is 5.41 Å². The Morgan fingerprint density at radius 3 is 2.44 bits per heavy atom. The van der Waals surface area contributed by atoms with Crippen molar-refractivity contribution >= 4 is 17.8 Å². The number of nitrogens with one attached hydrogen (secondary N) is 2. The van der Waals surface area contributed by atoms with Gasteiger partial charge in [-0.2, -0.15) is 0 Å². The second-order valence-corrected chi connectivity index (χ2v) is 10.9. The maximum atomic E-state index is 13.7. The molecule has 0 saturated carbocycles. The summed E-state index contributed by atoms with van der Waals surface area (Å²) in [6.07, 6.45) is 4.21. The molecule has 9 nitrogen and oxygen atoms in total. The molecular weight excluding hydrogens is 498 g/mol. The van der Waals surface area contributed by atoms with E-state index in [1.165, 1.54) is 0 Å².